The van der Waals surface area contributed by atoms with Gasteiger partial charge in [0.1, 0.15) is 11.2 Å². The summed E-state index contributed by atoms with van der Waals surface area (Å²) in [6, 6.07) is 10.1. The zero-order valence-electron chi connectivity index (χ0n) is 35.9. The van der Waals surface area contributed by atoms with Gasteiger partial charge >= 0.3 is 12.2 Å². The van der Waals surface area contributed by atoms with Gasteiger partial charge in [-0.15, -0.1) is 6.58 Å². The van der Waals surface area contributed by atoms with Crippen LogP contribution in [-0.4, -0.2) is 119 Å². The zero-order valence-corrected chi connectivity index (χ0v) is 38.9. The minimum absolute atomic E-state index is 0.0360. The number of aliphatic hydroxyl groups is 2. The second-order valence-corrected chi connectivity index (χ2v) is 17.8. The number of amides is 4. The van der Waals surface area contributed by atoms with Crippen LogP contribution in [0.3, 0.4) is 0 Å². The summed E-state index contributed by atoms with van der Waals surface area (Å²) in [4.78, 5) is 56.5. The maximum Gasteiger partial charge on any atom is 0.410 e. The summed E-state index contributed by atoms with van der Waals surface area (Å²) in [5.41, 5.74) is -2.28. The number of rotatable bonds is 15. The normalized spacial score (nSPS) is 14.0. The number of benzene rings is 2. The maximum absolute atomic E-state index is 13.0. The lowest BCUT2D eigenvalue weighted by Gasteiger charge is -2.45. The summed E-state index contributed by atoms with van der Waals surface area (Å²) in [5, 5.41) is 21.3. The van der Waals surface area contributed by atoms with Gasteiger partial charge in [-0.25, -0.2) is 9.59 Å². The van der Waals surface area contributed by atoms with Crippen LogP contribution in [0.4, 0.5) is 9.59 Å². The van der Waals surface area contributed by atoms with Crippen LogP contribution in [0.25, 0.3) is 0 Å². The number of carbonyl (C=O) groups excluding carboxylic acids is 4. The molecular formula is C42H62Cl4N4O8. The van der Waals surface area contributed by atoms with Crippen molar-refractivity contribution in [3.05, 3.63) is 80.3 Å². The van der Waals surface area contributed by atoms with Gasteiger partial charge in [0, 0.05) is 60.5 Å². The predicted octanol–water partition coefficient (Wildman–Crippen LogP) is 9.17. The number of carbonyl (C=O) groups is 4. The summed E-state index contributed by atoms with van der Waals surface area (Å²) in [5.74, 6) is -0.179. The van der Waals surface area contributed by atoms with Crippen molar-refractivity contribution in [1.29, 1.82) is 0 Å². The maximum atomic E-state index is 13.0. The largest absolute Gasteiger partial charge is 0.444 e. The summed E-state index contributed by atoms with van der Waals surface area (Å²) in [6.07, 6.45) is 0.377. The Hall–Kier alpha value is -3.26. The molecule has 0 aliphatic heterocycles. The van der Waals surface area contributed by atoms with Crippen molar-refractivity contribution in [1.82, 2.24) is 19.6 Å². The van der Waals surface area contributed by atoms with Crippen molar-refractivity contribution in [2.45, 2.75) is 109 Å². The van der Waals surface area contributed by atoms with Gasteiger partial charge in [-0.05, 0) is 83.4 Å². The summed E-state index contributed by atoms with van der Waals surface area (Å²) in [7, 11) is 6.52. The highest BCUT2D eigenvalue weighted by atomic mass is 35.5. The summed E-state index contributed by atoms with van der Waals surface area (Å²) in [6.45, 7) is 17.8. The molecule has 2 N–H and O–H groups in total. The highest BCUT2D eigenvalue weighted by Crippen LogP contribution is 2.39. The first-order valence-electron chi connectivity index (χ1n) is 18.9. The van der Waals surface area contributed by atoms with E-state index in [4.69, 9.17) is 55.9 Å². The number of hydrogen-bond acceptors (Lipinski definition) is 8. The van der Waals surface area contributed by atoms with Crippen LogP contribution in [0.15, 0.2) is 49.1 Å². The van der Waals surface area contributed by atoms with Gasteiger partial charge in [-0.2, -0.15) is 0 Å². The molecule has 0 radical (unpaired) electrons. The highest BCUT2D eigenvalue weighted by molar-refractivity contribution is 6.42. The van der Waals surface area contributed by atoms with Gasteiger partial charge in [-0.1, -0.05) is 78.5 Å². The number of hydrogen-bond donors (Lipinski definition) is 2. The van der Waals surface area contributed by atoms with Crippen LogP contribution in [-0.2, 0) is 30.1 Å². The van der Waals surface area contributed by atoms with Crippen molar-refractivity contribution in [3.63, 3.8) is 0 Å². The van der Waals surface area contributed by atoms with Crippen molar-refractivity contribution >= 4 is 70.4 Å². The fourth-order valence-electron chi connectivity index (χ4n) is 6.20. The Bertz CT molecular complexity index is 1730. The Morgan fingerprint density at radius 1 is 0.690 bits per heavy atom. The van der Waals surface area contributed by atoms with E-state index >= 15 is 0 Å². The van der Waals surface area contributed by atoms with Gasteiger partial charge in [0.05, 0.1) is 43.9 Å². The fourth-order valence-corrected chi connectivity index (χ4v) is 6.79. The highest BCUT2D eigenvalue weighted by Gasteiger charge is 2.45. The number of ether oxygens (including phenoxy) is 2. The quantitative estimate of drug-likeness (QED) is 0.169. The van der Waals surface area contributed by atoms with Crippen LogP contribution in [0.5, 0.6) is 0 Å². The molecule has 0 fully saturated rings. The van der Waals surface area contributed by atoms with E-state index in [1.807, 2.05) is 6.07 Å². The van der Waals surface area contributed by atoms with E-state index < -0.39 is 47.2 Å². The molecule has 4 amide bonds. The topological polar surface area (TPSA) is 140 Å². The second-order valence-electron chi connectivity index (χ2n) is 16.1. The molecule has 326 valence electrons. The first-order chi connectivity index (χ1) is 26.6. The van der Waals surface area contributed by atoms with Gasteiger partial charge in [-0.3, -0.25) is 19.4 Å². The molecular weight excluding hydrogens is 830 g/mol. The first-order valence-corrected chi connectivity index (χ1v) is 20.4. The number of likely N-dealkylation sites (N-methyl/N-ethyl adjacent to an activating group) is 4. The number of aliphatic hydroxyl groups excluding tert-OH is 2. The minimum Gasteiger partial charge on any atom is -0.444 e. The van der Waals surface area contributed by atoms with Crippen LogP contribution in [0.1, 0.15) is 92.2 Å². The third-order valence-electron chi connectivity index (χ3n) is 9.25. The van der Waals surface area contributed by atoms with Crippen molar-refractivity contribution in [3.8, 4) is 0 Å². The molecule has 0 aliphatic carbocycles. The molecule has 2 aromatic carbocycles. The van der Waals surface area contributed by atoms with Gasteiger partial charge in [0.15, 0.2) is 0 Å². The lowest BCUT2D eigenvalue weighted by molar-refractivity contribution is -0.132. The van der Waals surface area contributed by atoms with Crippen LogP contribution >= 0.6 is 46.4 Å². The molecule has 3 atom stereocenters. The molecule has 2 aromatic rings. The summed E-state index contributed by atoms with van der Waals surface area (Å²) >= 11 is 24.7. The third-order valence-corrected chi connectivity index (χ3v) is 10.7. The molecule has 0 saturated heterocycles. The molecule has 0 heterocycles. The van der Waals surface area contributed by atoms with E-state index in [-0.39, 0.29) is 42.8 Å². The van der Waals surface area contributed by atoms with E-state index in [0.29, 0.717) is 33.5 Å². The van der Waals surface area contributed by atoms with Gasteiger partial charge < -0.3 is 29.5 Å². The molecule has 0 spiro atoms. The van der Waals surface area contributed by atoms with E-state index in [1.54, 1.807) is 118 Å². The molecule has 16 heteroatoms. The van der Waals surface area contributed by atoms with Crippen molar-refractivity contribution in [2.24, 2.45) is 0 Å². The van der Waals surface area contributed by atoms with Crippen molar-refractivity contribution in [2.75, 3.05) is 47.9 Å². The number of halogens is 4. The minimum atomic E-state index is -1.24. The van der Waals surface area contributed by atoms with E-state index in [1.165, 1.54) is 21.7 Å². The van der Waals surface area contributed by atoms with Gasteiger partial charge in [0.2, 0.25) is 11.8 Å². The van der Waals surface area contributed by atoms with Gasteiger partial charge in [0.25, 0.3) is 0 Å². The van der Waals surface area contributed by atoms with E-state index in [0.717, 1.165) is 5.56 Å². The lowest BCUT2D eigenvalue weighted by atomic mass is 9.82. The molecule has 58 heavy (non-hydrogen) atoms. The first kappa shape index (κ1) is 52.8. The van der Waals surface area contributed by atoms with E-state index in [2.05, 4.69) is 6.58 Å². The molecule has 3 unspecified atom stereocenters. The molecule has 0 saturated carbocycles. The molecule has 12 nitrogen and oxygen atoms in total. The molecule has 0 bridgehead atoms. The second kappa shape index (κ2) is 22.4. The Morgan fingerprint density at radius 3 is 1.38 bits per heavy atom. The SMILES string of the molecule is C=CCC(CN(C)C(=O)CC)(c1ccc(Cl)c(Cl)c1)N(C)C(=O)OC(C)(C)C.CCC(=O)N(C)CC(CC(O)CO)(c1ccc(Cl)c(Cl)c1)N(C)C(=O)OC(C)(C)C. The lowest BCUT2D eigenvalue weighted by Crippen LogP contribution is -2.56. The van der Waals surface area contributed by atoms with Crippen LogP contribution in [0, 0.1) is 0 Å². The average Bonchev–Trinajstić information content (AvgIpc) is 3.13. The fraction of sp³-hybridized carbons (Fsp3) is 0.571. The molecule has 0 aromatic heterocycles. The predicted molar refractivity (Wildman–Crippen MR) is 233 cm³/mol. The third kappa shape index (κ3) is 14.8. The number of nitrogens with zero attached hydrogens (tertiary/aromatic N) is 4. The summed E-state index contributed by atoms with van der Waals surface area (Å²) < 4.78 is 11.1. The molecule has 0 aliphatic rings. The van der Waals surface area contributed by atoms with Crippen LogP contribution in [0.2, 0.25) is 20.1 Å². The smallest absolute Gasteiger partial charge is 0.410 e. The van der Waals surface area contributed by atoms with Crippen LogP contribution < -0.4 is 0 Å². The standard InChI is InChI=1S/C21H32Cl2N2O5.C21H30Cl2N2O3/c1-7-18(28)24(5)13-21(11-15(27)12-26,14-8-9-16(22)17(23)10-14)25(6)19(29)30-20(2,3)4;1-8-12-21(14-24(6)18(26)9-2,15-10-11-16(22)17(23)13-15)25(7)19(27)28-20(3,4)5/h8-10,15,26-27H,7,11-13H2,1-6H3;8,10-11,13H,1,9,12,14H2,2-7H3. The average molecular weight is 893 g/mol. The molecule has 2 rings (SSSR count). The Balaban J connectivity index is 0.000000581. The zero-order chi connectivity index (χ0) is 45.0. The Kier molecular flexibility index (Phi) is 20.4. The Labute approximate surface area is 364 Å². The monoisotopic (exact) mass is 890 g/mol. The van der Waals surface area contributed by atoms with Crippen molar-refractivity contribution < 1.29 is 38.9 Å². The Morgan fingerprint density at radius 2 is 1.05 bits per heavy atom. The van der Waals surface area contributed by atoms with E-state index in [9.17, 15) is 29.4 Å².